The van der Waals surface area contributed by atoms with Crippen molar-refractivity contribution in [3.63, 3.8) is 0 Å². The number of hydrogen-bond acceptors (Lipinski definition) is 4. The molecule has 3 rings (SSSR count). The molecule has 1 heterocycles. The third-order valence-electron chi connectivity index (χ3n) is 5.25. The molecule has 0 bridgehead atoms. The molecule has 0 aromatic heterocycles. The van der Waals surface area contributed by atoms with E-state index in [0.717, 1.165) is 16.0 Å². The standard InChI is InChI=1S/C23H28BrN3O4/c1-14(2)31-11-5-10-25-21(28)23(30)19-13-17(24)7-9-20(19)26-22(29)27(23)18-8-6-15(3)16(4)12-18/h6-9,12-14,30H,5,10-11H2,1-4H3,(H,25,28)(H,26,29)/t23-/m0/s1. The highest BCUT2D eigenvalue weighted by atomic mass is 79.9. The minimum atomic E-state index is -2.22. The zero-order valence-corrected chi connectivity index (χ0v) is 19.7. The van der Waals surface area contributed by atoms with Crippen LogP contribution in [0.4, 0.5) is 16.2 Å². The second kappa shape index (κ2) is 9.38. The molecule has 0 unspecified atom stereocenters. The molecule has 1 aliphatic rings. The van der Waals surface area contributed by atoms with Crippen molar-refractivity contribution in [3.8, 4) is 0 Å². The lowest BCUT2D eigenvalue weighted by Crippen LogP contribution is -2.62. The van der Waals surface area contributed by atoms with Gasteiger partial charge >= 0.3 is 6.03 Å². The number of urea groups is 1. The van der Waals surface area contributed by atoms with Crippen LogP contribution >= 0.6 is 15.9 Å². The van der Waals surface area contributed by atoms with Gasteiger partial charge in [0, 0.05) is 28.9 Å². The van der Waals surface area contributed by atoms with Gasteiger partial charge in [0.1, 0.15) is 0 Å². The molecule has 0 spiro atoms. The molecule has 1 aliphatic heterocycles. The van der Waals surface area contributed by atoms with Crippen LogP contribution in [0.2, 0.25) is 0 Å². The molecule has 0 saturated carbocycles. The summed E-state index contributed by atoms with van der Waals surface area (Å²) in [5.41, 5.74) is 0.861. The monoisotopic (exact) mass is 489 g/mol. The maximum atomic E-state index is 13.3. The molecule has 166 valence electrons. The third kappa shape index (κ3) is 4.76. The summed E-state index contributed by atoms with van der Waals surface area (Å²) >= 11 is 3.40. The first-order chi connectivity index (χ1) is 14.6. The fourth-order valence-electron chi connectivity index (χ4n) is 3.46. The van der Waals surface area contributed by atoms with Crippen LogP contribution in [0.1, 0.15) is 37.0 Å². The number of ether oxygens (including phenoxy) is 1. The number of fused-ring (bicyclic) bond motifs is 1. The smallest absolute Gasteiger partial charge is 0.329 e. The zero-order chi connectivity index (χ0) is 22.8. The van der Waals surface area contributed by atoms with Crippen molar-refractivity contribution in [1.82, 2.24) is 5.32 Å². The molecule has 0 aliphatic carbocycles. The molecule has 2 aromatic rings. The predicted octanol–water partition coefficient (Wildman–Crippen LogP) is 4.19. The largest absolute Gasteiger partial charge is 0.379 e. The summed E-state index contributed by atoms with van der Waals surface area (Å²) in [6.45, 7) is 8.55. The number of nitrogens with zero attached hydrogens (tertiary/aromatic N) is 1. The highest BCUT2D eigenvalue weighted by Gasteiger charge is 2.52. The molecule has 7 nitrogen and oxygen atoms in total. The number of amides is 3. The van der Waals surface area contributed by atoms with Crippen LogP contribution < -0.4 is 15.5 Å². The highest BCUT2D eigenvalue weighted by Crippen LogP contribution is 2.41. The third-order valence-corrected chi connectivity index (χ3v) is 5.74. The average molecular weight is 490 g/mol. The highest BCUT2D eigenvalue weighted by molar-refractivity contribution is 9.10. The Morgan fingerprint density at radius 1 is 1.23 bits per heavy atom. The summed E-state index contributed by atoms with van der Waals surface area (Å²) in [6, 6.07) is 9.82. The van der Waals surface area contributed by atoms with Crippen molar-refractivity contribution < 1.29 is 19.4 Å². The number of nitrogens with one attached hydrogen (secondary N) is 2. The zero-order valence-electron chi connectivity index (χ0n) is 18.2. The molecule has 3 N–H and O–H groups in total. The van der Waals surface area contributed by atoms with Gasteiger partial charge in [0.05, 0.1) is 11.8 Å². The van der Waals surface area contributed by atoms with Gasteiger partial charge in [-0.25, -0.2) is 4.79 Å². The van der Waals surface area contributed by atoms with Gasteiger partial charge in [-0.15, -0.1) is 0 Å². The summed E-state index contributed by atoms with van der Waals surface area (Å²) in [4.78, 5) is 27.5. The van der Waals surface area contributed by atoms with Gasteiger partial charge in [0.25, 0.3) is 11.6 Å². The van der Waals surface area contributed by atoms with E-state index in [1.54, 1.807) is 30.3 Å². The van der Waals surface area contributed by atoms with Crippen molar-refractivity contribution in [2.45, 2.75) is 45.9 Å². The van der Waals surface area contributed by atoms with E-state index in [1.165, 1.54) is 0 Å². The molecule has 8 heteroatoms. The van der Waals surface area contributed by atoms with Gasteiger partial charge in [-0.05, 0) is 75.6 Å². The first kappa shape index (κ1) is 23.2. The predicted molar refractivity (Wildman–Crippen MR) is 124 cm³/mol. The van der Waals surface area contributed by atoms with E-state index in [0.29, 0.717) is 35.4 Å². The van der Waals surface area contributed by atoms with Gasteiger partial charge in [-0.3, -0.25) is 9.69 Å². The van der Waals surface area contributed by atoms with Crippen LogP contribution in [0, 0.1) is 13.8 Å². The second-order valence-electron chi connectivity index (χ2n) is 7.93. The number of aliphatic hydroxyl groups is 1. The van der Waals surface area contributed by atoms with Crippen molar-refractivity contribution in [3.05, 3.63) is 57.6 Å². The number of carbonyl (C=O) groups is 2. The molecule has 3 amide bonds. The molecule has 2 aromatic carbocycles. The van der Waals surface area contributed by atoms with Gasteiger partial charge in [-0.1, -0.05) is 22.0 Å². The molecular weight excluding hydrogens is 462 g/mol. The SMILES string of the molecule is Cc1ccc(N2C(=O)Nc3ccc(Br)cc3[C@]2(O)C(=O)NCCCOC(C)C)cc1C. The molecule has 31 heavy (non-hydrogen) atoms. The van der Waals surface area contributed by atoms with Crippen LogP contribution in [0.3, 0.4) is 0 Å². The van der Waals surface area contributed by atoms with Crippen molar-refractivity contribution >= 4 is 39.2 Å². The fourth-order valence-corrected chi connectivity index (χ4v) is 3.82. The van der Waals surface area contributed by atoms with E-state index < -0.39 is 17.7 Å². The Bertz CT molecular complexity index is 995. The lowest BCUT2D eigenvalue weighted by atomic mass is 9.94. The van der Waals surface area contributed by atoms with E-state index in [2.05, 4.69) is 26.6 Å². The van der Waals surface area contributed by atoms with Crippen LogP contribution in [0.15, 0.2) is 40.9 Å². The lowest BCUT2D eigenvalue weighted by Gasteiger charge is -2.43. The number of aryl methyl sites for hydroxylation is 2. The quantitative estimate of drug-likeness (QED) is 0.508. The summed E-state index contributed by atoms with van der Waals surface area (Å²) in [5.74, 6) is -0.676. The first-order valence-corrected chi connectivity index (χ1v) is 11.0. The number of halogens is 1. The Hall–Kier alpha value is -2.42. The summed E-state index contributed by atoms with van der Waals surface area (Å²) < 4.78 is 6.18. The van der Waals surface area contributed by atoms with Crippen molar-refractivity contribution in [2.24, 2.45) is 0 Å². The van der Waals surface area contributed by atoms with Crippen LogP contribution in [0.25, 0.3) is 0 Å². The van der Waals surface area contributed by atoms with Crippen LogP contribution in [0.5, 0.6) is 0 Å². The number of hydrogen-bond donors (Lipinski definition) is 3. The number of rotatable bonds is 7. The van der Waals surface area contributed by atoms with Gasteiger partial charge in [-0.2, -0.15) is 0 Å². The molecule has 1 atom stereocenters. The van der Waals surface area contributed by atoms with Crippen LogP contribution in [-0.2, 0) is 15.3 Å². The van der Waals surface area contributed by atoms with Crippen molar-refractivity contribution in [2.75, 3.05) is 23.4 Å². The number of benzene rings is 2. The van der Waals surface area contributed by atoms with Crippen LogP contribution in [-0.4, -0.2) is 36.3 Å². The topological polar surface area (TPSA) is 90.9 Å². The summed E-state index contributed by atoms with van der Waals surface area (Å²) in [7, 11) is 0. The minimum absolute atomic E-state index is 0.103. The molecular formula is C23H28BrN3O4. The summed E-state index contributed by atoms with van der Waals surface area (Å²) in [5, 5.41) is 17.3. The number of anilines is 2. The maximum Gasteiger partial charge on any atom is 0.329 e. The fraction of sp³-hybridized carbons (Fsp3) is 0.391. The molecule has 0 fully saturated rings. The van der Waals surface area contributed by atoms with E-state index in [-0.39, 0.29) is 11.7 Å². The Morgan fingerprint density at radius 2 is 1.97 bits per heavy atom. The van der Waals surface area contributed by atoms with E-state index >= 15 is 0 Å². The maximum absolute atomic E-state index is 13.3. The number of carbonyl (C=O) groups excluding carboxylic acids is 2. The van der Waals surface area contributed by atoms with Gasteiger partial charge in [0.15, 0.2) is 0 Å². The molecule has 0 saturated heterocycles. The Balaban J connectivity index is 1.99. The Labute approximate surface area is 190 Å². The first-order valence-electron chi connectivity index (χ1n) is 10.3. The average Bonchev–Trinajstić information content (AvgIpc) is 2.70. The van der Waals surface area contributed by atoms with Gasteiger partial charge < -0.3 is 20.5 Å². The normalized spacial score (nSPS) is 18.0. The summed E-state index contributed by atoms with van der Waals surface area (Å²) in [6.07, 6.45) is 0.688. The van der Waals surface area contributed by atoms with Crippen molar-refractivity contribution in [1.29, 1.82) is 0 Å². The minimum Gasteiger partial charge on any atom is -0.379 e. The van der Waals surface area contributed by atoms with E-state index in [1.807, 2.05) is 33.8 Å². The Morgan fingerprint density at radius 3 is 2.65 bits per heavy atom. The second-order valence-corrected chi connectivity index (χ2v) is 8.84. The van der Waals surface area contributed by atoms with E-state index in [9.17, 15) is 14.7 Å². The lowest BCUT2D eigenvalue weighted by molar-refractivity contribution is -0.140. The molecule has 0 radical (unpaired) electrons. The Kier molecular flexibility index (Phi) is 7.03. The van der Waals surface area contributed by atoms with Gasteiger partial charge in [0.2, 0.25) is 0 Å². The van der Waals surface area contributed by atoms with E-state index in [4.69, 9.17) is 4.74 Å².